The molecule has 2 heterocycles. The molecule has 0 saturated carbocycles. The molecule has 2 aromatic heterocycles. The van der Waals surface area contributed by atoms with Gasteiger partial charge in [0.15, 0.2) is 0 Å². The zero-order valence-electron chi connectivity index (χ0n) is 15.3. The van der Waals surface area contributed by atoms with Gasteiger partial charge in [-0.15, -0.1) is 0 Å². The van der Waals surface area contributed by atoms with Crippen molar-refractivity contribution in [2.75, 3.05) is 0 Å². The Morgan fingerprint density at radius 1 is 1.00 bits per heavy atom. The van der Waals surface area contributed by atoms with Crippen molar-refractivity contribution in [3.8, 4) is 5.69 Å². The molecule has 146 valence electrons. The molecule has 0 spiro atoms. The van der Waals surface area contributed by atoms with Crippen LogP contribution in [0.5, 0.6) is 0 Å². The summed E-state index contributed by atoms with van der Waals surface area (Å²) in [7, 11) is 0. The van der Waals surface area contributed by atoms with Crippen molar-refractivity contribution in [2.45, 2.75) is 13.0 Å². The van der Waals surface area contributed by atoms with Crippen LogP contribution in [0.1, 0.15) is 11.3 Å². The van der Waals surface area contributed by atoms with E-state index in [0.717, 1.165) is 16.8 Å². The maximum absolute atomic E-state index is 13.5. The van der Waals surface area contributed by atoms with Crippen molar-refractivity contribution in [3.63, 3.8) is 0 Å². The highest BCUT2D eigenvalue weighted by atomic mass is 35.5. The summed E-state index contributed by atoms with van der Waals surface area (Å²) in [5.41, 5.74) is 8.81. The quantitative estimate of drug-likeness (QED) is 0.546. The molecule has 5 nitrogen and oxygen atoms in total. The molecule has 0 aliphatic heterocycles. The zero-order chi connectivity index (χ0) is 20.5. The molecule has 0 bridgehead atoms. The molecule has 2 N–H and O–H groups in total. The first-order valence-electron chi connectivity index (χ1n) is 8.96. The van der Waals surface area contributed by atoms with Gasteiger partial charge in [-0.05, 0) is 42.0 Å². The molecule has 7 heteroatoms. The van der Waals surface area contributed by atoms with Crippen molar-refractivity contribution >= 4 is 28.5 Å². The van der Waals surface area contributed by atoms with Crippen LogP contribution in [0.3, 0.4) is 0 Å². The molecule has 0 saturated heterocycles. The van der Waals surface area contributed by atoms with Gasteiger partial charge >= 0.3 is 0 Å². The molecule has 4 rings (SSSR count). The second kappa shape index (κ2) is 7.56. The minimum absolute atomic E-state index is 0.00653. The van der Waals surface area contributed by atoms with Crippen LogP contribution < -0.4 is 11.3 Å². The highest BCUT2D eigenvalue weighted by Gasteiger charge is 2.16. The third-order valence-electron chi connectivity index (χ3n) is 4.74. The number of carbonyl (C=O) groups is 1. The number of para-hydroxylation sites is 1. The monoisotopic (exact) mass is 409 g/mol. The van der Waals surface area contributed by atoms with Gasteiger partial charge in [0.05, 0.1) is 22.5 Å². The minimum Gasteiger partial charge on any atom is -0.369 e. The molecule has 2 aromatic carbocycles. The standard InChI is InChI=1S/C22H17ClFN3O2/c23-17-10-14(6-7-18(17)24)13-26-16(12-21(25)28)11-20-19(26)8-9-22(29)27(20)15-4-2-1-3-5-15/h1-11H,12-13H2,(H2,25,28). The van der Waals surface area contributed by atoms with Gasteiger partial charge in [-0.2, -0.15) is 0 Å². The summed E-state index contributed by atoms with van der Waals surface area (Å²) in [6.45, 7) is 0.346. The van der Waals surface area contributed by atoms with Crippen LogP contribution in [0, 0.1) is 5.82 Å². The van der Waals surface area contributed by atoms with Crippen LogP contribution >= 0.6 is 11.6 Å². The number of benzene rings is 2. The van der Waals surface area contributed by atoms with Crippen LogP contribution in [-0.2, 0) is 17.8 Å². The number of nitrogens with zero attached hydrogens (tertiary/aromatic N) is 2. The first-order chi connectivity index (χ1) is 13.9. The molecule has 1 amide bonds. The number of carbonyl (C=O) groups excluding carboxylic acids is 1. The van der Waals surface area contributed by atoms with Gasteiger partial charge in [0.2, 0.25) is 5.91 Å². The van der Waals surface area contributed by atoms with Gasteiger partial charge in [0, 0.05) is 24.0 Å². The Labute approximate surface area is 170 Å². The van der Waals surface area contributed by atoms with Gasteiger partial charge in [0.1, 0.15) is 5.82 Å². The van der Waals surface area contributed by atoms with E-state index >= 15 is 0 Å². The summed E-state index contributed by atoms with van der Waals surface area (Å²) >= 11 is 5.92. The van der Waals surface area contributed by atoms with E-state index in [1.807, 2.05) is 34.9 Å². The van der Waals surface area contributed by atoms with E-state index in [0.29, 0.717) is 17.8 Å². The predicted molar refractivity (Wildman–Crippen MR) is 111 cm³/mol. The molecule has 4 aromatic rings. The second-order valence-corrected chi connectivity index (χ2v) is 7.13. The van der Waals surface area contributed by atoms with Crippen LogP contribution in [0.4, 0.5) is 4.39 Å². The van der Waals surface area contributed by atoms with Gasteiger partial charge in [0.25, 0.3) is 5.56 Å². The number of aromatic nitrogens is 2. The van der Waals surface area contributed by atoms with Gasteiger partial charge in [-0.1, -0.05) is 35.9 Å². The Kier molecular flexibility index (Phi) is 4.94. The lowest BCUT2D eigenvalue weighted by atomic mass is 10.2. The third-order valence-corrected chi connectivity index (χ3v) is 5.03. The SMILES string of the molecule is NC(=O)Cc1cc2c(ccc(=O)n2-c2ccccc2)n1Cc1ccc(F)c(Cl)c1. The topological polar surface area (TPSA) is 70.0 Å². The summed E-state index contributed by atoms with van der Waals surface area (Å²) in [6.07, 6.45) is 0.00653. The third kappa shape index (κ3) is 3.67. The number of pyridine rings is 1. The number of halogens is 2. The van der Waals surface area contributed by atoms with Crippen molar-refractivity contribution in [2.24, 2.45) is 5.73 Å². The highest BCUT2D eigenvalue weighted by Crippen LogP contribution is 2.24. The van der Waals surface area contributed by atoms with Crippen LogP contribution in [0.25, 0.3) is 16.7 Å². The summed E-state index contributed by atoms with van der Waals surface area (Å²) in [5.74, 6) is -0.983. The fourth-order valence-electron chi connectivity index (χ4n) is 3.48. The number of rotatable bonds is 5. The van der Waals surface area contributed by atoms with Gasteiger partial charge < -0.3 is 10.3 Å². The lowest BCUT2D eigenvalue weighted by Crippen LogP contribution is -2.17. The Morgan fingerprint density at radius 2 is 1.76 bits per heavy atom. The van der Waals surface area contributed by atoms with E-state index < -0.39 is 11.7 Å². The summed E-state index contributed by atoms with van der Waals surface area (Å²) < 4.78 is 17.0. The highest BCUT2D eigenvalue weighted by molar-refractivity contribution is 6.30. The van der Waals surface area contributed by atoms with Crippen molar-refractivity contribution in [1.82, 2.24) is 9.13 Å². The number of primary amides is 1. The van der Waals surface area contributed by atoms with Gasteiger partial charge in [-0.3, -0.25) is 14.2 Å². The summed E-state index contributed by atoms with van der Waals surface area (Å²) in [4.78, 5) is 24.3. The first-order valence-corrected chi connectivity index (χ1v) is 9.33. The Hall–Kier alpha value is -3.38. The van der Waals surface area contributed by atoms with Crippen molar-refractivity contribution in [1.29, 1.82) is 0 Å². The smallest absolute Gasteiger partial charge is 0.255 e. The maximum Gasteiger partial charge on any atom is 0.255 e. The summed E-state index contributed by atoms with van der Waals surface area (Å²) in [6, 6.07) is 18.7. The fraction of sp³-hybridized carbons (Fsp3) is 0.0909. The van der Waals surface area contributed by atoms with Crippen molar-refractivity contribution < 1.29 is 9.18 Å². The first kappa shape index (κ1) is 19.0. The van der Waals surface area contributed by atoms with E-state index in [1.165, 1.54) is 12.1 Å². The molecule has 0 fully saturated rings. The van der Waals surface area contributed by atoms with Crippen molar-refractivity contribution in [3.05, 3.63) is 99.2 Å². The predicted octanol–water partition coefficient (Wildman–Crippen LogP) is 3.66. The number of hydrogen-bond donors (Lipinski definition) is 1. The van der Waals surface area contributed by atoms with E-state index in [2.05, 4.69) is 0 Å². The van der Waals surface area contributed by atoms with E-state index in [1.54, 1.807) is 28.8 Å². The van der Waals surface area contributed by atoms with E-state index in [4.69, 9.17) is 17.3 Å². The normalized spacial score (nSPS) is 11.1. The van der Waals surface area contributed by atoms with E-state index in [-0.39, 0.29) is 17.0 Å². The molecular formula is C22H17ClFN3O2. The second-order valence-electron chi connectivity index (χ2n) is 6.73. The van der Waals surface area contributed by atoms with Crippen LogP contribution in [-0.4, -0.2) is 15.0 Å². The molecule has 29 heavy (non-hydrogen) atoms. The molecular weight excluding hydrogens is 393 g/mol. The van der Waals surface area contributed by atoms with E-state index in [9.17, 15) is 14.0 Å². The number of amides is 1. The average molecular weight is 410 g/mol. The number of nitrogens with two attached hydrogens (primary N) is 1. The Morgan fingerprint density at radius 3 is 2.45 bits per heavy atom. The lowest BCUT2D eigenvalue weighted by Gasteiger charge is -2.12. The largest absolute Gasteiger partial charge is 0.369 e. The zero-order valence-corrected chi connectivity index (χ0v) is 16.1. The molecule has 0 atom stereocenters. The van der Waals surface area contributed by atoms with Crippen LogP contribution in [0.2, 0.25) is 5.02 Å². The molecule has 0 radical (unpaired) electrons. The number of fused-ring (bicyclic) bond motifs is 1. The Bertz CT molecular complexity index is 1280. The Balaban J connectivity index is 1.93. The van der Waals surface area contributed by atoms with Crippen LogP contribution in [0.15, 0.2) is 71.5 Å². The molecule has 0 unspecified atom stereocenters. The number of hydrogen-bond acceptors (Lipinski definition) is 2. The summed E-state index contributed by atoms with van der Waals surface area (Å²) in [5, 5.41) is 0.0246. The molecule has 0 aliphatic rings. The maximum atomic E-state index is 13.5. The molecule has 0 aliphatic carbocycles. The minimum atomic E-state index is -0.497. The average Bonchev–Trinajstić information content (AvgIpc) is 3.01. The lowest BCUT2D eigenvalue weighted by molar-refractivity contribution is -0.117. The fourth-order valence-corrected chi connectivity index (χ4v) is 3.68. The van der Waals surface area contributed by atoms with Gasteiger partial charge in [-0.25, -0.2) is 4.39 Å².